The second-order valence-electron chi connectivity index (χ2n) is 19.2. The Bertz CT molecular complexity index is 1780. The summed E-state index contributed by atoms with van der Waals surface area (Å²) >= 11 is 0. The van der Waals surface area contributed by atoms with E-state index in [2.05, 4.69) is 107 Å². The largest absolute Gasteiger partial charge is 0.488 e. The first-order chi connectivity index (χ1) is 26.0. The molecule has 8 nitrogen and oxygen atoms in total. The van der Waals surface area contributed by atoms with Gasteiger partial charge in [0.15, 0.2) is 16.6 Å². The van der Waals surface area contributed by atoms with E-state index in [0.717, 1.165) is 46.2 Å². The van der Waals surface area contributed by atoms with Crippen LogP contribution in [0.25, 0.3) is 11.0 Å². The minimum absolute atomic E-state index is 0.00109. The van der Waals surface area contributed by atoms with E-state index in [1.54, 1.807) is 13.2 Å². The van der Waals surface area contributed by atoms with E-state index in [1.165, 1.54) is 0 Å². The fraction of sp³-hybridized carbons (Fsp3) is 0.652. The SMILES string of the molecule is CCCC(C(=O)C[C@H](O[Si](C)(C)C(C)(C)C)[C@]1(C(=O)OCC)OC1CC)c1coc2c(CO[Si](C)(C)C(C)(C)C)c(OCc3ccccc3)c(CC(C)C)cc12. The minimum atomic E-state index is -2.47. The number of rotatable bonds is 20. The molecule has 1 saturated heterocycles. The second-order valence-corrected chi connectivity index (χ2v) is 28.8. The van der Waals surface area contributed by atoms with E-state index in [4.69, 9.17) is 27.5 Å². The first-order valence-corrected chi connectivity index (χ1v) is 26.8. The van der Waals surface area contributed by atoms with Gasteiger partial charge in [0, 0.05) is 23.3 Å². The standard InChI is InChI=1S/C46H72O8Si2/c1-16-22-34(38(47)27-40(54-56(14,15)45(9,10)11)46(39(17-2)53-46)43(48)49-18-3)36-29-51-42-35(36)26-33(25-31(4)5)41(50-28-32-23-20-19-21-24-32)37(42)30-52-55(12,13)44(6,7)8/h19-21,23-24,26,29,31,34,39-40H,16-18,22,25,27-28,30H2,1-15H3/t34?,39?,40-,46+/m0/s1. The smallest absolute Gasteiger partial charge is 0.343 e. The van der Waals surface area contributed by atoms with Crippen molar-refractivity contribution in [2.75, 3.05) is 6.61 Å². The molecule has 0 radical (unpaired) electrons. The molecule has 1 fully saturated rings. The molecule has 0 aliphatic carbocycles. The van der Waals surface area contributed by atoms with Crippen LogP contribution in [-0.4, -0.2) is 52.8 Å². The number of furan rings is 1. The quantitative estimate of drug-likeness (QED) is 0.0632. The molecular formula is C46H72O8Si2. The van der Waals surface area contributed by atoms with Crippen molar-refractivity contribution in [1.82, 2.24) is 0 Å². The van der Waals surface area contributed by atoms with Crippen LogP contribution in [0.4, 0.5) is 0 Å². The highest BCUT2D eigenvalue weighted by Gasteiger charge is 2.69. The maximum Gasteiger partial charge on any atom is 0.343 e. The highest BCUT2D eigenvalue weighted by molar-refractivity contribution is 6.74. The third kappa shape index (κ3) is 10.1. The van der Waals surface area contributed by atoms with E-state index in [1.807, 2.05) is 25.1 Å². The number of esters is 1. The number of Topliss-reactive ketones (excluding diaryl/α,β-unsaturated/α-hetero) is 1. The molecule has 4 atom stereocenters. The van der Waals surface area contributed by atoms with Crippen LogP contribution in [0, 0.1) is 5.92 Å². The number of carbonyl (C=O) groups excluding carboxylic acids is 2. The number of ether oxygens (including phenoxy) is 3. The van der Waals surface area contributed by atoms with E-state index < -0.39 is 40.2 Å². The molecule has 1 aliphatic heterocycles. The maximum absolute atomic E-state index is 15.0. The molecule has 4 rings (SSSR count). The van der Waals surface area contributed by atoms with Crippen LogP contribution in [0.3, 0.4) is 0 Å². The second kappa shape index (κ2) is 18.0. The van der Waals surface area contributed by atoms with Gasteiger partial charge in [0.05, 0.1) is 31.1 Å². The summed E-state index contributed by atoms with van der Waals surface area (Å²) in [5, 5.41) is 0.760. The van der Waals surface area contributed by atoms with Crippen LogP contribution in [-0.2, 0) is 47.5 Å². The maximum atomic E-state index is 15.0. The van der Waals surface area contributed by atoms with E-state index in [0.29, 0.717) is 37.6 Å². The fourth-order valence-corrected chi connectivity index (χ4v) is 9.28. The van der Waals surface area contributed by atoms with Crippen LogP contribution in [0.1, 0.15) is 130 Å². The number of epoxide rings is 1. The summed E-state index contributed by atoms with van der Waals surface area (Å²) in [6.07, 6.45) is 3.44. The first-order valence-electron chi connectivity index (χ1n) is 21.0. The van der Waals surface area contributed by atoms with E-state index >= 15 is 0 Å². The van der Waals surface area contributed by atoms with Crippen LogP contribution < -0.4 is 4.74 Å². The van der Waals surface area contributed by atoms with Crippen LogP contribution in [0.2, 0.25) is 36.3 Å². The van der Waals surface area contributed by atoms with Crippen molar-refractivity contribution in [3.63, 3.8) is 0 Å². The molecule has 3 aromatic rings. The predicted molar refractivity (Wildman–Crippen MR) is 231 cm³/mol. The summed E-state index contributed by atoms with van der Waals surface area (Å²) in [7, 11) is -4.65. The highest BCUT2D eigenvalue weighted by Crippen LogP contribution is 2.50. The number of benzene rings is 2. The third-order valence-corrected chi connectivity index (χ3v) is 21.4. The molecule has 1 aliphatic rings. The molecule has 2 unspecified atom stereocenters. The van der Waals surface area contributed by atoms with Crippen molar-refractivity contribution in [2.45, 2.75) is 181 Å². The number of ketones is 1. The lowest BCUT2D eigenvalue weighted by Crippen LogP contribution is -2.52. The Hall–Kier alpha value is -2.77. The molecule has 2 heterocycles. The van der Waals surface area contributed by atoms with Gasteiger partial charge in [0.2, 0.25) is 5.60 Å². The Morgan fingerprint density at radius 1 is 0.911 bits per heavy atom. The molecule has 312 valence electrons. The zero-order valence-electron chi connectivity index (χ0n) is 37.3. The average molecular weight is 809 g/mol. The average Bonchev–Trinajstić information content (AvgIpc) is 3.72. The lowest BCUT2D eigenvalue weighted by Gasteiger charge is -2.40. The normalized spacial score (nSPS) is 19.0. The number of carbonyl (C=O) groups is 2. The summed E-state index contributed by atoms with van der Waals surface area (Å²) in [4.78, 5) is 28.7. The van der Waals surface area contributed by atoms with Crippen molar-refractivity contribution in [3.05, 3.63) is 64.9 Å². The summed E-state index contributed by atoms with van der Waals surface area (Å²) in [6, 6.07) is 12.4. The lowest BCUT2D eigenvalue weighted by atomic mass is 9.84. The van der Waals surface area contributed by atoms with Crippen molar-refractivity contribution in [1.29, 1.82) is 0 Å². The molecular weight excluding hydrogens is 737 g/mol. The lowest BCUT2D eigenvalue weighted by molar-refractivity contribution is -0.154. The van der Waals surface area contributed by atoms with E-state index in [-0.39, 0.29) is 35.0 Å². The monoisotopic (exact) mass is 808 g/mol. The number of hydrogen-bond donors (Lipinski definition) is 0. The van der Waals surface area contributed by atoms with E-state index in [9.17, 15) is 9.59 Å². The van der Waals surface area contributed by atoms with Gasteiger partial charge in [0.1, 0.15) is 29.8 Å². The molecule has 0 amide bonds. The van der Waals surface area contributed by atoms with Gasteiger partial charge in [-0.25, -0.2) is 4.79 Å². The Labute approximate surface area is 340 Å². The zero-order valence-corrected chi connectivity index (χ0v) is 39.3. The Kier molecular flexibility index (Phi) is 14.8. The molecule has 10 heteroatoms. The van der Waals surface area contributed by atoms with Crippen molar-refractivity contribution >= 4 is 39.4 Å². The van der Waals surface area contributed by atoms with Gasteiger partial charge in [-0.1, -0.05) is 106 Å². The molecule has 2 aromatic carbocycles. The van der Waals surface area contributed by atoms with Crippen LogP contribution >= 0.6 is 0 Å². The minimum Gasteiger partial charge on any atom is -0.488 e. The van der Waals surface area contributed by atoms with Crippen LogP contribution in [0.5, 0.6) is 5.75 Å². The Balaban J connectivity index is 1.87. The summed E-state index contributed by atoms with van der Waals surface area (Å²) in [5.41, 5.74) is 3.25. The van der Waals surface area contributed by atoms with Gasteiger partial charge in [-0.05, 0) is 85.6 Å². The Morgan fingerprint density at radius 3 is 2.09 bits per heavy atom. The molecule has 56 heavy (non-hydrogen) atoms. The van der Waals surface area contributed by atoms with Gasteiger partial charge < -0.3 is 27.5 Å². The third-order valence-electron chi connectivity index (χ3n) is 12.4. The number of fused-ring (bicyclic) bond motifs is 1. The molecule has 1 aromatic heterocycles. The number of hydrogen-bond acceptors (Lipinski definition) is 8. The van der Waals surface area contributed by atoms with Gasteiger partial charge in [-0.15, -0.1) is 0 Å². The Morgan fingerprint density at radius 2 is 1.55 bits per heavy atom. The van der Waals surface area contributed by atoms with Crippen LogP contribution in [0.15, 0.2) is 47.1 Å². The van der Waals surface area contributed by atoms with Crippen molar-refractivity contribution in [2.24, 2.45) is 5.92 Å². The predicted octanol–water partition coefficient (Wildman–Crippen LogP) is 12.1. The highest BCUT2D eigenvalue weighted by atomic mass is 28.4. The summed E-state index contributed by atoms with van der Waals surface area (Å²) < 4.78 is 39.1. The van der Waals surface area contributed by atoms with Gasteiger partial charge in [-0.3, -0.25) is 4.79 Å². The fourth-order valence-electron chi connectivity index (χ4n) is 7.01. The van der Waals surface area contributed by atoms with Gasteiger partial charge in [0.25, 0.3) is 0 Å². The molecule has 0 bridgehead atoms. The molecule has 0 spiro atoms. The molecule has 0 saturated carbocycles. The zero-order chi connectivity index (χ0) is 41.9. The summed E-state index contributed by atoms with van der Waals surface area (Å²) in [5.74, 6) is 0.213. The topological polar surface area (TPSA) is 96.7 Å². The van der Waals surface area contributed by atoms with Crippen molar-refractivity contribution in [3.8, 4) is 5.75 Å². The van der Waals surface area contributed by atoms with Gasteiger partial charge in [-0.2, -0.15) is 0 Å². The summed E-state index contributed by atoms with van der Waals surface area (Å²) in [6.45, 7) is 33.3. The van der Waals surface area contributed by atoms with Crippen molar-refractivity contribution < 1.29 is 37.1 Å². The first kappa shape index (κ1) is 45.9. The molecule has 0 N–H and O–H groups in total. The van der Waals surface area contributed by atoms with Gasteiger partial charge >= 0.3 is 5.97 Å².